The maximum absolute atomic E-state index is 12.8. The summed E-state index contributed by atoms with van der Waals surface area (Å²) in [6, 6.07) is 13.7. The van der Waals surface area contributed by atoms with Crippen LogP contribution in [0.25, 0.3) is 11.0 Å². The molecule has 0 radical (unpaired) electrons. The van der Waals surface area contributed by atoms with E-state index in [-0.39, 0.29) is 17.7 Å². The van der Waals surface area contributed by atoms with Gasteiger partial charge in [-0.15, -0.1) is 0 Å². The molecular formula is C38H61N5O3. The number of alkyl carbamates (subject to hydrolysis) is 1. The predicted molar refractivity (Wildman–Crippen MR) is 194 cm³/mol. The molecule has 1 fully saturated rings. The first-order valence-corrected chi connectivity index (χ1v) is 17.5. The number of ether oxygens (including phenoxy) is 1. The number of nitrogens with zero attached hydrogens (tertiary/aromatic N) is 4. The van der Waals surface area contributed by atoms with Crippen molar-refractivity contribution in [3.63, 3.8) is 0 Å². The number of nitrogens with one attached hydrogen (secondary N) is 1. The van der Waals surface area contributed by atoms with Crippen LogP contribution in [0.4, 0.5) is 10.5 Å². The molecule has 5 rings (SSSR count). The van der Waals surface area contributed by atoms with Crippen LogP contribution in [-0.4, -0.2) is 51.3 Å². The van der Waals surface area contributed by atoms with Crippen molar-refractivity contribution in [1.29, 1.82) is 0 Å². The van der Waals surface area contributed by atoms with Gasteiger partial charge in [0.2, 0.25) is 0 Å². The Morgan fingerprint density at radius 2 is 1.76 bits per heavy atom. The molecule has 256 valence electrons. The first kappa shape index (κ1) is 38.8. The summed E-state index contributed by atoms with van der Waals surface area (Å²) in [5, 5.41) is 3.92. The van der Waals surface area contributed by atoms with Crippen molar-refractivity contribution in [3.8, 4) is 0 Å². The Hall–Kier alpha value is -3.39. The monoisotopic (exact) mass is 635 g/mol. The van der Waals surface area contributed by atoms with Crippen molar-refractivity contribution in [1.82, 2.24) is 19.8 Å². The molecule has 1 amide bonds. The Kier molecular flexibility index (Phi) is 15.2. The van der Waals surface area contributed by atoms with Crippen molar-refractivity contribution in [3.05, 3.63) is 69.6 Å². The Labute approximate surface area is 278 Å². The van der Waals surface area contributed by atoms with E-state index < -0.39 is 5.60 Å². The van der Waals surface area contributed by atoms with Gasteiger partial charge in [-0.1, -0.05) is 71.7 Å². The molecule has 0 spiro atoms. The lowest BCUT2D eigenvalue weighted by Gasteiger charge is -2.43. The second-order valence-corrected chi connectivity index (χ2v) is 12.7. The molecule has 0 bridgehead atoms. The summed E-state index contributed by atoms with van der Waals surface area (Å²) in [6.07, 6.45) is 4.50. The summed E-state index contributed by atoms with van der Waals surface area (Å²) >= 11 is 0. The molecule has 2 aromatic heterocycles. The highest BCUT2D eigenvalue weighted by Crippen LogP contribution is 2.40. The number of aromatic nitrogens is 2. The zero-order chi connectivity index (χ0) is 34.6. The number of carbonyl (C=O) groups excluding carboxylic acids is 1. The minimum atomic E-state index is -0.408. The Morgan fingerprint density at radius 3 is 2.37 bits per heavy atom. The first-order chi connectivity index (χ1) is 21.9. The van der Waals surface area contributed by atoms with E-state index in [2.05, 4.69) is 72.1 Å². The van der Waals surface area contributed by atoms with Gasteiger partial charge in [0.1, 0.15) is 11.2 Å². The number of pyridine rings is 2. The van der Waals surface area contributed by atoms with Crippen molar-refractivity contribution >= 4 is 22.8 Å². The fraction of sp³-hybridized carbons (Fsp3) is 0.605. The molecule has 8 heteroatoms. The summed E-state index contributed by atoms with van der Waals surface area (Å²) in [6.45, 7) is 27.7. The minimum Gasteiger partial charge on any atom is -0.444 e. The molecule has 2 aliphatic rings. The number of carbonyl (C=O) groups is 1. The van der Waals surface area contributed by atoms with Crippen molar-refractivity contribution in [2.24, 2.45) is 0 Å². The zero-order valence-electron chi connectivity index (χ0n) is 30.7. The third-order valence-electron chi connectivity index (χ3n) is 8.21. The van der Waals surface area contributed by atoms with Crippen LogP contribution in [0, 0.1) is 6.92 Å². The summed E-state index contributed by atoms with van der Waals surface area (Å²) < 4.78 is 6.92. The zero-order valence-corrected chi connectivity index (χ0v) is 30.7. The van der Waals surface area contributed by atoms with Gasteiger partial charge in [-0.05, 0) is 77.6 Å². The van der Waals surface area contributed by atoms with Gasteiger partial charge >= 0.3 is 6.09 Å². The molecule has 4 heterocycles. The number of anilines is 1. The van der Waals surface area contributed by atoms with Crippen LogP contribution in [0.5, 0.6) is 0 Å². The molecule has 1 saturated heterocycles. The van der Waals surface area contributed by atoms with Crippen LogP contribution in [0.1, 0.15) is 118 Å². The number of hydrogen-bond acceptors (Lipinski definition) is 6. The molecule has 46 heavy (non-hydrogen) atoms. The number of piperazine rings is 1. The smallest absolute Gasteiger partial charge is 0.407 e. The fourth-order valence-corrected chi connectivity index (χ4v) is 6.21. The van der Waals surface area contributed by atoms with E-state index >= 15 is 0 Å². The van der Waals surface area contributed by atoms with Crippen LogP contribution in [-0.2, 0) is 17.8 Å². The third kappa shape index (κ3) is 9.81. The molecular weight excluding hydrogens is 574 g/mol. The van der Waals surface area contributed by atoms with Crippen LogP contribution in [0.3, 0.4) is 0 Å². The number of hydrogen-bond donors (Lipinski definition) is 1. The van der Waals surface area contributed by atoms with E-state index in [1.54, 1.807) is 16.8 Å². The summed E-state index contributed by atoms with van der Waals surface area (Å²) in [7, 11) is 0. The molecule has 0 aliphatic carbocycles. The largest absolute Gasteiger partial charge is 0.444 e. The highest BCUT2D eigenvalue weighted by atomic mass is 16.6. The summed E-state index contributed by atoms with van der Waals surface area (Å²) in [5.41, 5.74) is 5.63. The van der Waals surface area contributed by atoms with Gasteiger partial charge in [0.25, 0.3) is 5.56 Å². The Bertz CT molecular complexity index is 1440. The van der Waals surface area contributed by atoms with Crippen molar-refractivity contribution in [2.45, 2.75) is 139 Å². The lowest BCUT2D eigenvalue weighted by Crippen LogP contribution is -2.51. The molecule has 1 aromatic carbocycles. The molecule has 3 aromatic rings. The summed E-state index contributed by atoms with van der Waals surface area (Å²) in [5.74, 6) is 0. The van der Waals surface area contributed by atoms with E-state index in [1.165, 1.54) is 16.7 Å². The van der Waals surface area contributed by atoms with E-state index in [4.69, 9.17) is 4.74 Å². The second-order valence-electron chi connectivity index (χ2n) is 12.7. The molecule has 0 saturated carbocycles. The van der Waals surface area contributed by atoms with Crippen molar-refractivity contribution in [2.75, 3.05) is 18.0 Å². The number of rotatable bonds is 6. The van der Waals surface area contributed by atoms with Gasteiger partial charge in [0, 0.05) is 55.9 Å². The van der Waals surface area contributed by atoms with E-state index in [1.807, 2.05) is 61.5 Å². The average molecular weight is 636 g/mol. The minimum absolute atomic E-state index is 0.0289. The highest BCUT2D eigenvalue weighted by molar-refractivity contribution is 5.89. The van der Waals surface area contributed by atoms with E-state index in [9.17, 15) is 9.59 Å². The standard InChI is InChI=1S/C23H26N4O.C11H23NO2.2C2H6/c1-4-26-22(28)11-20(19-6-5-9-24-23(19)26)25-12-16(3)27-13-17-10-15(2)7-8-18(17)21(27)14-25;1-6-8-9(7-2)12-10(13)14-11(3,4)5;2*1-2/h5-11,16,21H,4,12-14H2,1-3H3;9H,6-8H2,1-5H3,(H,12,13);2*1-2H3. The fourth-order valence-electron chi connectivity index (χ4n) is 6.21. The maximum Gasteiger partial charge on any atom is 0.407 e. The highest BCUT2D eigenvalue weighted by Gasteiger charge is 2.39. The molecule has 3 atom stereocenters. The quantitative estimate of drug-likeness (QED) is 0.292. The molecule has 2 aliphatic heterocycles. The lowest BCUT2D eigenvalue weighted by atomic mass is 9.99. The Morgan fingerprint density at radius 1 is 1.07 bits per heavy atom. The third-order valence-corrected chi connectivity index (χ3v) is 8.21. The van der Waals surface area contributed by atoms with Crippen LogP contribution in [0.15, 0.2) is 47.4 Å². The number of fused-ring (bicyclic) bond motifs is 4. The summed E-state index contributed by atoms with van der Waals surface area (Å²) in [4.78, 5) is 33.7. The SMILES string of the molecule is CC.CC.CCCC(CC)NC(=O)OC(C)(C)C.CCn1c(=O)cc(N2CC(C)N3Cc4cc(C)ccc4C3C2)c2cccnc21. The van der Waals surface area contributed by atoms with Gasteiger partial charge in [0.15, 0.2) is 0 Å². The van der Waals surface area contributed by atoms with Crippen LogP contribution < -0.4 is 15.8 Å². The van der Waals surface area contributed by atoms with Crippen LogP contribution >= 0.6 is 0 Å². The number of aryl methyl sites for hydroxylation is 2. The first-order valence-electron chi connectivity index (χ1n) is 17.5. The maximum atomic E-state index is 12.8. The number of amides is 1. The lowest BCUT2D eigenvalue weighted by molar-refractivity contribution is 0.0500. The van der Waals surface area contributed by atoms with E-state index in [0.29, 0.717) is 18.6 Å². The van der Waals surface area contributed by atoms with Gasteiger partial charge in [-0.25, -0.2) is 9.78 Å². The van der Waals surface area contributed by atoms with Gasteiger partial charge in [-0.2, -0.15) is 0 Å². The molecule has 8 nitrogen and oxygen atoms in total. The normalized spacial score (nSPS) is 17.6. The van der Waals surface area contributed by atoms with Crippen LogP contribution in [0.2, 0.25) is 0 Å². The van der Waals surface area contributed by atoms with Gasteiger partial charge in [-0.3, -0.25) is 14.3 Å². The Balaban J connectivity index is 0.000000349. The predicted octanol–water partition coefficient (Wildman–Crippen LogP) is 8.63. The van der Waals surface area contributed by atoms with Crippen molar-refractivity contribution < 1.29 is 9.53 Å². The molecule has 1 N–H and O–H groups in total. The van der Waals surface area contributed by atoms with Gasteiger partial charge < -0.3 is 15.0 Å². The number of benzene rings is 1. The molecule has 3 unspecified atom stereocenters. The average Bonchev–Trinajstić information content (AvgIpc) is 3.40. The van der Waals surface area contributed by atoms with E-state index in [0.717, 1.165) is 55.6 Å². The van der Waals surface area contributed by atoms with Gasteiger partial charge in [0.05, 0.1) is 11.7 Å². The topological polar surface area (TPSA) is 79.7 Å². The second kappa shape index (κ2) is 18.1.